The predicted octanol–water partition coefficient (Wildman–Crippen LogP) is 3.71. The fourth-order valence-corrected chi connectivity index (χ4v) is 3.01. The lowest BCUT2D eigenvalue weighted by molar-refractivity contribution is -0.138. The van der Waals surface area contributed by atoms with Crippen molar-refractivity contribution in [2.24, 2.45) is 0 Å². The number of hydrogen-bond acceptors (Lipinski definition) is 4. The highest BCUT2D eigenvalue weighted by molar-refractivity contribution is 7.99. The molecule has 1 aliphatic rings. The molecule has 4 nitrogen and oxygen atoms in total. The van der Waals surface area contributed by atoms with Crippen LogP contribution >= 0.6 is 11.8 Å². The molecule has 0 saturated heterocycles. The molecule has 0 aromatic heterocycles. The number of hydrogen-bond donors (Lipinski definition) is 2. The molecule has 1 heterocycles. The SMILES string of the molecule is CC(C(=O)O)c1ccc2c(c1)Sc1ccc(N)cc1O2. The third-order valence-corrected chi connectivity index (χ3v) is 4.34. The maximum Gasteiger partial charge on any atom is 0.310 e. The first kappa shape index (κ1) is 12.9. The molecule has 3 N–H and O–H groups in total. The highest BCUT2D eigenvalue weighted by atomic mass is 32.2. The summed E-state index contributed by atoms with van der Waals surface area (Å²) in [5.41, 5.74) is 7.17. The molecule has 0 saturated carbocycles. The van der Waals surface area contributed by atoms with Gasteiger partial charge in [-0.1, -0.05) is 17.8 Å². The maximum atomic E-state index is 11.1. The second-order valence-electron chi connectivity index (χ2n) is 4.68. The lowest BCUT2D eigenvalue weighted by Crippen LogP contribution is -2.08. The van der Waals surface area contributed by atoms with Crippen molar-refractivity contribution in [3.8, 4) is 11.5 Å². The van der Waals surface area contributed by atoms with Gasteiger partial charge < -0.3 is 15.6 Å². The standard InChI is InChI=1S/C15H13NO3S/c1-8(15(17)18)9-2-4-11-14(6-9)20-13-5-3-10(16)7-12(13)19-11/h2-8H,16H2,1H3,(H,17,18). The lowest BCUT2D eigenvalue weighted by atomic mass is 10.0. The second-order valence-corrected chi connectivity index (χ2v) is 5.76. The van der Waals surface area contributed by atoms with E-state index in [4.69, 9.17) is 15.6 Å². The highest BCUT2D eigenvalue weighted by Gasteiger charge is 2.21. The van der Waals surface area contributed by atoms with Gasteiger partial charge in [-0.25, -0.2) is 0 Å². The number of ether oxygens (including phenoxy) is 1. The van der Waals surface area contributed by atoms with Crippen molar-refractivity contribution in [2.45, 2.75) is 22.6 Å². The average molecular weight is 287 g/mol. The molecular weight excluding hydrogens is 274 g/mol. The number of rotatable bonds is 2. The van der Waals surface area contributed by atoms with E-state index in [0.29, 0.717) is 5.69 Å². The molecule has 1 unspecified atom stereocenters. The van der Waals surface area contributed by atoms with Crippen LogP contribution in [0.2, 0.25) is 0 Å². The van der Waals surface area contributed by atoms with Crippen molar-refractivity contribution in [2.75, 3.05) is 5.73 Å². The number of nitrogen functional groups attached to an aromatic ring is 1. The molecule has 0 spiro atoms. The fraction of sp³-hybridized carbons (Fsp3) is 0.133. The van der Waals surface area contributed by atoms with Gasteiger partial charge in [0.15, 0.2) is 0 Å². The number of fused-ring (bicyclic) bond motifs is 2. The van der Waals surface area contributed by atoms with E-state index >= 15 is 0 Å². The minimum Gasteiger partial charge on any atom is -0.481 e. The first-order valence-corrected chi connectivity index (χ1v) is 6.98. The van der Waals surface area contributed by atoms with E-state index in [0.717, 1.165) is 26.9 Å². The number of benzene rings is 2. The normalized spacial score (nSPS) is 13.8. The zero-order valence-electron chi connectivity index (χ0n) is 10.8. The summed E-state index contributed by atoms with van der Waals surface area (Å²) in [4.78, 5) is 13.0. The van der Waals surface area contributed by atoms with E-state index in [9.17, 15) is 4.79 Å². The molecule has 0 aliphatic carbocycles. The van der Waals surface area contributed by atoms with Gasteiger partial charge in [0.25, 0.3) is 0 Å². The number of aliphatic carboxylic acids is 1. The van der Waals surface area contributed by atoms with Crippen LogP contribution in [0.5, 0.6) is 11.5 Å². The fourth-order valence-electron chi connectivity index (χ4n) is 2.03. The molecule has 3 rings (SSSR count). The zero-order chi connectivity index (χ0) is 14.3. The van der Waals surface area contributed by atoms with Gasteiger partial charge in [0.2, 0.25) is 0 Å². The summed E-state index contributed by atoms with van der Waals surface area (Å²) >= 11 is 1.56. The Morgan fingerprint density at radius 2 is 2.00 bits per heavy atom. The van der Waals surface area contributed by atoms with Crippen LogP contribution in [0.4, 0.5) is 5.69 Å². The first-order valence-electron chi connectivity index (χ1n) is 6.16. The number of nitrogens with two attached hydrogens (primary N) is 1. The molecule has 2 aromatic rings. The summed E-state index contributed by atoms with van der Waals surface area (Å²) in [5.74, 6) is 0.101. The van der Waals surface area contributed by atoms with Crippen LogP contribution in [0.25, 0.3) is 0 Å². The summed E-state index contributed by atoms with van der Waals surface area (Å²) in [5, 5.41) is 9.08. The molecule has 2 aromatic carbocycles. The Morgan fingerprint density at radius 3 is 2.75 bits per heavy atom. The Balaban J connectivity index is 1.98. The van der Waals surface area contributed by atoms with Crippen LogP contribution < -0.4 is 10.5 Å². The van der Waals surface area contributed by atoms with Gasteiger partial charge in [-0.2, -0.15) is 0 Å². The summed E-state index contributed by atoms with van der Waals surface area (Å²) in [7, 11) is 0. The van der Waals surface area contributed by atoms with Gasteiger partial charge in [-0.15, -0.1) is 0 Å². The van der Waals surface area contributed by atoms with Crippen LogP contribution in [0, 0.1) is 0 Å². The summed E-state index contributed by atoms with van der Waals surface area (Å²) in [6.07, 6.45) is 0. The molecule has 1 atom stereocenters. The van der Waals surface area contributed by atoms with Gasteiger partial charge in [0.05, 0.1) is 15.7 Å². The van der Waals surface area contributed by atoms with Gasteiger partial charge in [0.1, 0.15) is 11.5 Å². The van der Waals surface area contributed by atoms with Crippen LogP contribution in [0.3, 0.4) is 0 Å². The molecular formula is C15H13NO3S. The quantitative estimate of drug-likeness (QED) is 0.703. The number of carbonyl (C=O) groups is 1. The number of carboxylic acid groups (broad SMARTS) is 1. The van der Waals surface area contributed by atoms with Crippen molar-refractivity contribution in [1.82, 2.24) is 0 Å². The van der Waals surface area contributed by atoms with Crippen molar-refractivity contribution in [3.05, 3.63) is 42.0 Å². The third-order valence-electron chi connectivity index (χ3n) is 3.25. The van der Waals surface area contributed by atoms with Crippen LogP contribution in [-0.2, 0) is 4.79 Å². The van der Waals surface area contributed by atoms with Crippen LogP contribution in [-0.4, -0.2) is 11.1 Å². The molecule has 0 bridgehead atoms. The Labute approximate surface area is 120 Å². The molecule has 102 valence electrons. The smallest absolute Gasteiger partial charge is 0.310 e. The second kappa shape index (κ2) is 4.76. The van der Waals surface area contributed by atoms with Gasteiger partial charge in [-0.05, 0) is 36.8 Å². The van der Waals surface area contributed by atoms with Gasteiger partial charge in [0, 0.05) is 11.8 Å². The molecule has 5 heteroatoms. The average Bonchev–Trinajstić information content (AvgIpc) is 2.43. The van der Waals surface area contributed by atoms with E-state index in [1.54, 1.807) is 30.8 Å². The molecule has 20 heavy (non-hydrogen) atoms. The number of anilines is 1. The largest absolute Gasteiger partial charge is 0.481 e. The minimum atomic E-state index is -0.833. The van der Waals surface area contributed by atoms with Crippen molar-refractivity contribution < 1.29 is 14.6 Å². The van der Waals surface area contributed by atoms with Crippen molar-refractivity contribution in [1.29, 1.82) is 0 Å². The monoisotopic (exact) mass is 287 g/mol. The molecule has 0 amide bonds. The van der Waals surface area contributed by atoms with E-state index < -0.39 is 11.9 Å². The molecule has 0 fully saturated rings. The number of carboxylic acids is 1. The van der Waals surface area contributed by atoms with Gasteiger partial charge >= 0.3 is 5.97 Å². The highest BCUT2D eigenvalue weighted by Crippen LogP contribution is 2.48. The minimum absolute atomic E-state index is 0.534. The van der Waals surface area contributed by atoms with Gasteiger partial charge in [-0.3, -0.25) is 4.79 Å². The van der Waals surface area contributed by atoms with E-state index in [1.807, 2.05) is 24.3 Å². The van der Waals surface area contributed by atoms with Crippen LogP contribution in [0.15, 0.2) is 46.2 Å². The predicted molar refractivity (Wildman–Crippen MR) is 77.5 cm³/mol. The van der Waals surface area contributed by atoms with Crippen molar-refractivity contribution >= 4 is 23.4 Å². The van der Waals surface area contributed by atoms with E-state index in [2.05, 4.69) is 0 Å². The molecule has 1 aliphatic heterocycles. The zero-order valence-corrected chi connectivity index (χ0v) is 11.6. The lowest BCUT2D eigenvalue weighted by Gasteiger charge is -2.21. The van der Waals surface area contributed by atoms with Crippen LogP contribution in [0.1, 0.15) is 18.4 Å². The summed E-state index contributed by atoms with van der Waals surface area (Å²) < 4.78 is 5.81. The summed E-state index contributed by atoms with van der Waals surface area (Å²) in [6.45, 7) is 1.67. The Bertz CT molecular complexity index is 700. The van der Waals surface area contributed by atoms with E-state index in [1.165, 1.54) is 0 Å². The third kappa shape index (κ3) is 2.20. The van der Waals surface area contributed by atoms with E-state index in [-0.39, 0.29) is 0 Å². The topological polar surface area (TPSA) is 72.5 Å². The summed E-state index contributed by atoms with van der Waals surface area (Å²) in [6, 6.07) is 11.0. The Kier molecular flexibility index (Phi) is 3.06. The molecule has 0 radical (unpaired) electrons. The maximum absolute atomic E-state index is 11.1. The Hall–Kier alpha value is -2.14. The first-order chi connectivity index (χ1) is 9.54. The van der Waals surface area contributed by atoms with Crippen molar-refractivity contribution in [3.63, 3.8) is 0 Å². The Morgan fingerprint density at radius 1 is 1.20 bits per heavy atom.